The molecule has 0 radical (unpaired) electrons. The van der Waals surface area contributed by atoms with Crippen molar-refractivity contribution in [3.05, 3.63) is 32.8 Å². The van der Waals surface area contributed by atoms with Crippen molar-refractivity contribution in [1.82, 2.24) is 9.78 Å². The lowest BCUT2D eigenvalue weighted by Gasteiger charge is -2.12. The number of nitrogens with zero attached hydrogens (tertiary/aromatic N) is 2. The molecule has 0 fully saturated rings. The fourth-order valence-corrected chi connectivity index (χ4v) is 3.95. The van der Waals surface area contributed by atoms with Crippen LogP contribution in [0.2, 0.25) is 0 Å². The van der Waals surface area contributed by atoms with E-state index in [-0.39, 0.29) is 5.91 Å². The molecule has 0 spiro atoms. The lowest BCUT2D eigenvalue weighted by atomic mass is 9.95. The van der Waals surface area contributed by atoms with E-state index in [9.17, 15) is 4.79 Å². The van der Waals surface area contributed by atoms with Crippen LogP contribution in [0, 0.1) is 13.8 Å². The lowest BCUT2D eigenvalue weighted by molar-refractivity contribution is 0.102. The molecule has 20 heavy (non-hydrogen) atoms. The average Bonchev–Trinajstić information content (AvgIpc) is 2.96. The number of rotatable bonds is 2. The van der Waals surface area contributed by atoms with Crippen LogP contribution < -0.4 is 5.32 Å². The fraction of sp³-hybridized carbons (Fsp3) is 0.467. The zero-order valence-corrected chi connectivity index (χ0v) is 12.9. The number of amides is 1. The normalized spacial score (nSPS) is 14.2. The van der Waals surface area contributed by atoms with Gasteiger partial charge in [-0.25, -0.2) is 0 Å². The molecule has 4 nitrogen and oxygen atoms in total. The fourth-order valence-electron chi connectivity index (χ4n) is 2.82. The number of hydrogen-bond acceptors (Lipinski definition) is 3. The van der Waals surface area contributed by atoms with Gasteiger partial charge in [0.15, 0.2) is 0 Å². The Morgan fingerprint density at radius 2 is 2.10 bits per heavy atom. The molecule has 1 amide bonds. The number of anilines is 1. The van der Waals surface area contributed by atoms with Crippen molar-refractivity contribution < 1.29 is 4.79 Å². The third-order valence-corrected chi connectivity index (χ3v) is 5.14. The largest absolute Gasteiger partial charge is 0.319 e. The van der Waals surface area contributed by atoms with Crippen molar-refractivity contribution in [2.24, 2.45) is 7.05 Å². The van der Waals surface area contributed by atoms with E-state index in [1.807, 2.05) is 26.3 Å². The van der Waals surface area contributed by atoms with Gasteiger partial charge in [0.25, 0.3) is 5.91 Å². The highest BCUT2D eigenvalue weighted by atomic mass is 32.1. The molecule has 0 aliphatic heterocycles. The smallest absolute Gasteiger partial charge is 0.256 e. The van der Waals surface area contributed by atoms with Gasteiger partial charge in [-0.1, -0.05) is 0 Å². The van der Waals surface area contributed by atoms with Crippen LogP contribution in [-0.4, -0.2) is 15.7 Å². The third kappa shape index (κ3) is 2.16. The monoisotopic (exact) mass is 289 g/mol. The highest BCUT2D eigenvalue weighted by Crippen LogP contribution is 2.31. The zero-order chi connectivity index (χ0) is 14.3. The van der Waals surface area contributed by atoms with Gasteiger partial charge in [0.05, 0.1) is 22.6 Å². The Hall–Kier alpha value is -1.62. The van der Waals surface area contributed by atoms with Gasteiger partial charge in [-0.05, 0) is 45.1 Å². The van der Waals surface area contributed by atoms with Gasteiger partial charge in [-0.15, -0.1) is 11.3 Å². The van der Waals surface area contributed by atoms with Crippen molar-refractivity contribution in [3.8, 4) is 0 Å². The molecule has 0 aromatic carbocycles. The summed E-state index contributed by atoms with van der Waals surface area (Å²) in [5.74, 6) is 0.00333. The molecule has 106 valence electrons. The third-order valence-electron chi connectivity index (χ3n) is 4.05. The SMILES string of the molecule is Cc1nn(C)c(C)c1NC(=O)c1csc2c1CCCC2. The highest BCUT2D eigenvalue weighted by Gasteiger charge is 2.21. The molecule has 0 saturated heterocycles. The molecule has 2 heterocycles. The summed E-state index contributed by atoms with van der Waals surface area (Å²) >= 11 is 1.72. The molecule has 0 atom stereocenters. The van der Waals surface area contributed by atoms with Crippen LogP contribution in [-0.2, 0) is 19.9 Å². The molecule has 0 bridgehead atoms. The van der Waals surface area contributed by atoms with Gasteiger partial charge < -0.3 is 5.32 Å². The second-order valence-corrected chi connectivity index (χ2v) is 6.35. The Morgan fingerprint density at radius 3 is 2.80 bits per heavy atom. The number of hydrogen-bond donors (Lipinski definition) is 1. The van der Waals surface area contributed by atoms with Gasteiger partial charge in [0.2, 0.25) is 0 Å². The predicted octanol–water partition coefficient (Wildman–Crippen LogP) is 3.23. The summed E-state index contributed by atoms with van der Waals surface area (Å²) in [7, 11) is 1.89. The van der Waals surface area contributed by atoms with Crippen molar-refractivity contribution >= 4 is 22.9 Å². The summed E-state index contributed by atoms with van der Waals surface area (Å²) in [4.78, 5) is 13.9. The molecule has 3 rings (SSSR count). The molecule has 1 aliphatic rings. The summed E-state index contributed by atoms with van der Waals surface area (Å²) < 4.78 is 1.80. The minimum Gasteiger partial charge on any atom is -0.319 e. The molecule has 2 aromatic heterocycles. The van der Waals surface area contributed by atoms with Crippen molar-refractivity contribution in [2.45, 2.75) is 39.5 Å². The number of carbonyl (C=O) groups is 1. The molecular weight excluding hydrogens is 270 g/mol. The predicted molar refractivity (Wildman–Crippen MR) is 81.6 cm³/mol. The lowest BCUT2D eigenvalue weighted by Crippen LogP contribution is -2.15. The van der Waals surface area contributed by atoms with Gasteiger partial charge in [0, 0.05) is 17.3 Å². The summed E-state index contributed by atoms with van der Waals surface area (Å²) in [5.41, 5.74) is 4.81. The molecule has 1 aliphatic carbocycles. The average molecular weight is 289 g/mol. The molecule has 1 N–H and O–H groups in total. The molecule has 2 aromatic rings. The van der Waals surface area contributed by atoms with E-state index in [0.717, 1.165) is 35.5 Å². The van der Waals surface area contributed by atoms with E-state index in [4.69, 9.17) is 0 Å². The second kappa shape index (κ2) is 5.05. The number of aryl methyl sites for hydroxylation is 3. The molecule has 0 unspecified atom stereocenters. The first kappa shape index (κ1) is 13.4. The number of thiophene rings is 1. The number of carbonyl (C=O) groups excluding carboxylic acids is 1. The topological polar surface area (TPSA) is 46.9 Å². The maximum atomic E-state index is 12.5. The Labute approximate surface area is 122 Å². The van der Waals surface area contributed by atoms with Crippen LogP contribution in [0.4, 0.5) is 5.69 Å². The molecule has 5 heteroatoms. The summed E-state index contributed by atoms with van der Waals surface area (Å²) in [6.45, 7) is 3.89. The summed E-state index contributed by atoms with van der Waals surface area (Å²) in [5, 5.41) is 9.38. The van der Waals surface area contributed by atoms with E-state index in [0.29, 0.717) is 0 Å². The summed E-state index contributed by atoms with van der Waals surface area (Å²) in [6.07, 6.45) is 4.59. The zero-order valence-electron chi connectivity index (χ0n) is 12.1. The standard InChI is InChI=1S/C15H19N3OS/c1-9-14(10(2)18(3)17-9)16-15(19)12-8-20-13-7-5-4-6-11(12)13/h8H,4-7H2,1-3H3,(H,16,19). The Kier molecular flexibility index (Phi) is 3.38. The minimum atomic E-state index is 0.00333. The molecule has 0 saturated carbocycles. The van der Waals surface area contributed by atoms with Crippen LogP contribution in [0.25, 0.3) is 0 Å². The van der Waals surface area contributed by atoms with E-state index < -0.39 is 0 Å². The van der Waals surface area contributed by atoms with Gasteiger partial charge >= 0.3 is 0 Å². The van der Waals surface area contributed by atoms with E-state index in [1.54, 1.807) is 16.0 Å². The van der Waals surface area contributed by atoms with Crippen LogP contribution in [0.3, 0.4) is 0 Å². The van der Waals surface area contributed by atoms with Crippen LogP contribution in [0.1, 0.15) is 45.0 Å². The molecular formula is C15H19N3OS. The first-order valence-corrected chi connectivity index (χ1v) is 7.86. The second-order valence-electron chi connectivity index (χ2n) is 5.38. The Balaban J connectivity index is 1.88. The van der Waals surface area contributed by atoms with Crippen molar-refractivity contribution in [2.75, 3.05) is 5.32 Å². The highest BCUT2D eigenvalue weighted by molar-refractivity contribution is 7.10. The van der Waals surface area contributed by atoms with E-state index in [2.05, 4.69) is 10.4 Å². The van der Waals surface area contributed by atoms with Crippen molar-refractivity contribution in [3.63, 3.8) is 0 Å². The van der Waals surface area contributed by atoms with E-state index in [1.165, 1.54) is 23.3 Å². The number of fused-ring (bicyclic) bond motifs is 1. The Morgan fingerprint density at radius 1 is 1.35 bits per heavy atom. The Bertz CT molecular complexity index is 669. The minimum absolute atomic E-state index is 0.00333. The van der Waals surface area contributed by atoms with Crippen molar-refractivity contribution in [1.29, 1.82) is 0 Å². The quantitative estimate of drug-likeness (QED) is 0.922. The van der Waals surface area contributed by atoms with Gasteiger partial charge in [-0.2, -0.15) is 5.10 Å². The van der Waals surface area contributed by atoms with Crippen LogP contribution in [0.5, 0.6) is 0 Å². The number of nitrogens with one attached hydrogen (secondary N) is 1. The maximum Gasteiger partial charge on any atom is 0.256 e. The first-order chi connectivity index (χ1) is 9.58. The first-order valence-electron chi connectivity index (χ1n) is 6.98. The maximum absolute atomic E-state index is 12.5. The summed E-state index contributed by atoms with van der Waals surface area (Å²) in [6, 6.07) is 0. The van der Waals surface area contributed by atoms with Gasteiger partial charge in [-0.3, -0.25) is 9.48 Å². The van der Waals surface area contributed by atoms with Crippen LogP contribution in [0.15, 0.2) is 5.38 Å². The number of aromatic nitrogens is 2. The van der Waals surface area contributed by atoms with Gasteiger partial charge in [0.1, 0.15) is 0 Å². The van der Waals surface area contributed by atoms with E-state index >= 15 is 0 Å². The van der Waals surface area contributed by atoms with Crippen LogP contribution >= 0.6 is 11.3 Å².